The second kappa shape index (κ2) is 14.3. The molecule has 1 rings (SSSR count). The van der Waals surface area contributed by atoms with Crippen molar-refractivity contribution in [3.05, 3.63) is 37.6 Å². The van der Waals surface area contributed by atoms with Crippen molar-refractivity contribution < 1.29 is 26.5 Å². The zero-order valence-corrected chi connectivity index (χ0v) is 17.6. The van der Waals surface area contributed by atoms with Gasteiger partial charge in [0.05, 0.1) is 6.23 Å². The Kier molecular flexibility index (Phi) is 20.3. The van der Waals surface area contributed by atoms with Gasteiger partial charge in [-0.2, -0.15) is 11.1 Å². The molecule has 1 aliphatic carbocycles. The van der Waals surface area contributed by atoms with Gasteiger partial charge < -0.3 is 24.6 Å². The second-order valence-electron chi connectivity index (χ2n) is 4.82. The normalized spacial score (nSPS) is 18.1. The first-order valence-electron chi connectivity index (χ1n) is 6.16. The SMILES string of the molecule is CC1=[C-]C(C)C(C)=C1C.COC(C)N[Si](C)C.[CH3-].[CH3-].[Ti+3]. The van der Waals surface area contributed by atoms with Gasteiger partial charge in [0.2, 0.25) is 0 Å². The number of allylic oxidation sites excluding steroid dienone is 4. The Morgan fingerprint density at radius 1 is 1.20 bits per heavy atom. The molecule has 1 aliphatic rings. The quantitative estimate of drug-likeness (QED) is 0.469. The van der Waals surface area contributed by atoms with Crippen LogP contribution in [0.15, 0.2) is 16.7 Å². The van der Waals surface area contributed by atoms with Crippen LogP contribution < -0.4 is 4.98 Å². The zero-order chi connectivity index (χ0) is 13.6. The van der Waals surface area contributed by atoms with Gasteiger partial charge >= 0.3 is 21.7 Å². The molecule has 2 radical (unpaired) electrons. The van der Waals surface area contributed by atoms with Gasteiger partial charge in [-0.15, -0.1) is 6.92 Å². The van der Waals surface area contributed by atoms with E-state index in [-0.39, 0.29) is 51.8 Å². The third kappa shape index (κ3) is 11.0. The van der Waals surface area contributed by atoms with Gasteiger partial charge in [-0.1, -0.05) is 39.8 Å². The van der Waals surface area contributed by atoms with E-state index in [9.17, 15) is 0 Å². The third-order valence-corrected chi connectivity index (χ3v) is 4.07. The molecule has 0 aromatic heterocycles. The number of ether oxygens (including phenoxy) is 1. The van der Waals surface area contributed by atoms with Crippen LogP contribution in [0.1, 0.15) is 34.6 Å². The zero-order valence-electron chi connectivity index (χ0n) is 15.1. The number of methoxy groups -OCH3 is 1. The minimum atomic E-state index is -0.321. The molecular weight excluding hydrogens is 298 g/mol. The molecule has 2 unspecified atom stereocenters. The van der Waals surface area contributed by atoms with Crippen LogP contribution in [0, 0.1) is 26.8 Å². The van der Waals surface area contributed by atoms with Crippen LogP contribution in [0.5, 0.6) is 0 Å². The Hall–Kier alpha value is 0.331. The molecule has 0 saturated heterocycles. The van der Waals surface area contributed by atoms with E-state index in [0.717, 1.165) is 0 Å². The van der Waals surface area contributed by atoms with Crippen LogP contribution in [-0.2, 0) is 26.5 Å². The van der Waals surface area contributed by atoms with Crippen molar-refractivity contribution in [1.82, 2.24) is 4.98 Å². The van der Waals surface area contributed by atoms with Crippen molar-refractivity contribution in [1.29, 1.82) is 0 Å². The Balaban J connectivity index is -0.000000112. The molecule has 0 saturated carbocycles. The minimum Gasteiger partial charge on any atom is -0.368 e. The molecule has 0 bridgehead atoms. The summed E-state index contributed by atoms with van der Waals surface area (Å²) in [4.78, 5) is 3.27. The summed E-state index contributed by atoms with van der Waals surface area (Å²) in [5.41, 5.74) is 4.25. The van der Waals surface area contributed by atoms with Gasteiger partial charge in [-0.25, -0.2) is 5.57 Å². The average Bonchev–Trinajstić information content (AvgIpc) is 2.45. The van der Waals surface area contributed by atoms with Crippen molar-refractivity contribution in [2.75, 3.05) is 7.11 Å². The van der Waals surface area contributed by atoms with Crippen LogP contribution in [0.3, 0.4) is 0 Å². The van der Waals surface area contributed by atoms with Crippen LogP contribution in [0.2, 0.25) is 13.1 Å². The molecule has 116 valence electrons. The number of hydrogen-bond acceptors (Lipinski definition) is 2. The molecule has 0 amide bonds. The van der Waals surface area contributed by atoms with Crippen molar-refractivity contribution >= 4 is 8.96 Å². The van der Waals surface area contributed by atoms with Crippen LogP contribution in [0.25, 0.3) is 0 Å². The van der Waals surface area contributed by atoms with Crippen LogP contribution in [-0.4, -0.2) is 22.3 Å². The first-order chi connectivity index (χ1) is 7.79. The Morgan fingerprint density at radius 3 is 1.75 bits per heavy atom. The van der Waals surface area contributed by atoms with Crippen LogP contribution in [0.4, 0.5) is 0 Å². The van der Waals surface area contributed by atoms with E-state index in [2.05, 4.69) is 51.8 Å². The van der Waals surface area contributed by atoms with Crippen LogP contribution >= 0.6 is 0 Å². The topological polar surface area (TPSA) is 21.3 Å². The first-order valence-corrected chi connectivity index (χ1v) is 8.66. The van der Waals surface area contributed by atoms with Crippen molar-refractivity contribution in [3.8, 4) is 0 Å². The Bertz CT molecular complexity index is 301. The first kappa shape index (κ1) is 28.5. The fourth-order valence-corrected chi connectivity index (χ4v) is 2.56. The van der Waals surface area contributed by atoms with Gasteiger partial charge in [-0.05, 0) is 6.92 Å². The average molecular weight is 331 g/mol. The molecular formula is C16H33NOSiTi. The standard InChI is InChI=1S/C9H13.C5H14NOSi.2CH3.Ti/c1-6-5-7(2)9(4)8(6)3;1-5(7-2)6-8(3)4;;;/h6H,1-4H3;5-6H,1-4H3;2*1H3;/q-1;;2*-1;+3. The Labute approximate surface area is 145 Å². The summed E-state index contributed by atoms with van der Waals surface area (Å²) in [5.74, 6) is 0.560. The monoisotopic (exact) mass is 331 g/mol. The predicted molar refractivity (Wildman–Crippen MR) is 89.9 cm³/mol. The summed E-state index contributed by atoms with van der Waals surface area (Å²) in [6, 6.07) is 0. The van der Waals surface area contributed by atoms with E-state index in [0.29, 0.717) is 5.92 Å². The van der Waals surface area contributed by atoms with E-state index in [1.54, 1.807) is 7.11 Å². The summed E-state index contributed by atoms with van der Waals surface area (Å²) in [7, 11) is 1.39. The molecule has 0 spiro atoms. The summed E-state index contributed by atoms with van der Waals surface area (Å²) in [6.45, 7) is 15.1. The molecule has 0 heterocycles. The fraction of sp³-hybridized carbons (Fsp3) is 0.625. The van der Waals surface area contributed by atoms with Crippen molar-refractivity contribution in [3.63, 3.8) is 0 Å². The molecule has 20 heavy (non-hydrogen) atoms. The van der Waals surface area contributed by atoms with E-state index in [4.69, 9.17) is 4.74 Å². The van der Waals surface area contributed by atoms with Crippen molar-refractivity contribution in [2.24, 2.45) is 5.92 Å². The van der Waals surface area contributed by atoms with E-state index >= 15 is 0 Å². The van der Waals surface area contributed by atoms with E-state index in [1.165, 1.54) is 16.7 Å². The summed E-state index contributed by atoms with van der Waals surface area (Å²) < 4.78 is 4.98. The smallest absolute Gasteiger partial charge is 0.368 e. The molecule has 0 aromatic rings. The number of nitrogens with one attached hydrogen (secondary N) is 1. The largest absolute Gasteiger partial charge is 3.00 e. The molecule has 1 N–H and O–H groups in total. The molecule has 2 nitrogen and oxygen atoms in total. The molecule has 0 aliphatic heterocycles. The van der Waals surface area contributed by atoms with Gasteiger partial charge in [0.15, 0.2) is 0 Å². The number of hydrogen-bond donors (Lipinski definition) is 1. The van der Waals surface area contributed by atoms with E-state index in [1.807, 2.05) is 6.92 Å². The van der Waals surface area contributed by atoms with E-state index < -0.39 is 0 Å². The maximum absolute atomic E-state index is 4.98. The maximum atomic E-state index is 4.98. The van der Waals surface area contributed by atoms with Gasteiger partial charge in [0.25, 0.3) is 0 Å². The summed E-state index contributed by atoms with van der Waals surface area (Å²) >= 11 is 0. The maximum Gasteiger partial charge on any atom is 3.00 e. The second-order valence-corrected chi connectivity index (χ2v) is 7.11. The summed E-state index contributed by atoms with van der Waals surface area (Å²) in [5, 5.41) is 0. The fourth-order valence-electron chi connectivity index (χ4n) is 1.63. The Morgan fingerprint density at radius 2 is 1.65 bits per heavy atom. The summed E-state index contributed by atoms with van der Waals surface area (Å²) in [6.07, 6.45) is 3.58. The van der Waals surface area contributed by atoms with Gasteiger partial charge in [0, 0.05) is 7.11 Å². The minimum absolute atomic E-state index is 0. The third-order valence-electron chi connectivity index (χ3n) is 3.08. The molecule has 0 fully saturated rings. The number of rotatable bonds is 3. The molecule has 0 aromatic carbocycles. The van der Waals surface area contributed by atoms with Gasteiger partial charge in [0.1, 0.15) is 8.96 Å². The molecule has 2 atom stereocenters. The van der Waals surface area contributed by atoms with Crippen molar-refractivity contribution in [2.45, 2.75) is 53.9 Å². The molecule has 4 heteroatoms. The predicted octanol–water partition coefficient (Wildman–Crippen LogP) is 4.44. The van der Waals surface area contributed by atoms with Gasteiger partial charge in [-0.3, -0.25) is 6.08 Å².